The number of ether oxygens (including phenoxy) is 1. The van der Waals surface area contributed by atoms with Crippen LogP contribution in [0.4, 0.5) is 0 Å². The summed E-state index contributed by atoms with van der Waals surface area (Å²) in [7, 11) is 0. The molecule has 0 unspecified atom stereocenters. The van der Waals surface area contributed by atoms with Crippen molar-refractivity contribution in [2.24, 2.45) is 5.73 Å². The third kappa shape index (κ3) is 3.89. The fourth-order valence-electron chi connectivity index (χ4n) is 1.82. The van der Waals surface area contributed by atoms with Crippen molar-refractivity contribution in [1.29, 1.82) is 0 Å². The van der Waals surface area contributed by atoms with E-state index < -0.39 is 0 Å². The Morgan fingerprint density at radius 3 is 2.65 bits per heavy atom. The molecule has 0 aliphatic heterocycles. The molecule has 0 aliphatic carbocycles. The van der Waals surface area contributed by atoms with E-state index in [1.54, 1.807) is 18.2 Å². The van der Waals surface area contributed by atoms with Gasteiger partial charge in [-0.3, -0.25) is 0 Å². The summed E-state index contributed by atoms with van der Waals surface area (Å²) in [6.45, 7) is 2.27. The van der Waals surface area contributed by atoms with E-state index in [4.69, 9.17) is 33.7 Å². The molecule has 20 heavy (non-hydrogen) atoms. The molecule has 1 atom stereocenters. The third-order valence-corrected chi connectivity index (χ3v) is 3.95. The first-order valence-electron chi connectivity index (χ1n) is 6.09. The molecule has 106 valence electrons. The quantitative estimate of drug-likeness (QED) is 0.782. The van der Waals surface area contributed by atoms with Crippen molar-refractivity contribution in [3.63, 3.8) is 0 Å². The molecule has 0 aliphatic rings. The highest BCUT2D eigenvalue weighted by Crippen LogP contribution is 2.29. The Kier molecular flexibility index (Phi) is 5.33. The topological polar surface area (TPSA) is 35.2 Å². The predicted molar refractivity (Wildman–Crippen MR) is 87.5 cm³/mol. The molecule has 5 heteroatoms. The maximum absolute atomic E-state index is 6.12. The minimum Gasteiger partial charge on any atom is -0.489 e. The summed E-state index contributed by atoms with van der Waals surface area (Å²) >= 11 is 15.5. The van der Waals surface area contributed by atoms with Gasteiger partial charge in [-0.1, -0.05) is 39.1 Å². The number of hydrogen-bond donors (Lipinski definition) is 1. The Labute approximate surface area is 137 Å². The SMILES string of the molecule is C[C@@H](N)c1cc(Br)ccc1OCc1cc(Cl)ccc1Cl. The van der Waals surface area contributed by atoms with Gasteiger partial charge >= 0.3 is 0 Å². The number of benzene rings is 2. The van der Waals surface area contributed by atoms with Crippen LogP contribution >= 0.6 is 39.1 Å². The van der Waals surface area contributed by atoms with Gasteiger partial charge in [-0.25, -0.2) is 0 Å². The van der Waals surface area contributed by atoms with Crippen LogP contribution < -0.4 is 10.5 Å². The van der Waals surface area contributed by atoms with Crippen molar-refractivity contribution < 1.29 is 4.74 Å². The lowest BCUT2D eigenvalue weighted by Crippen LogP contribution is -2.08. The normalized spacial score (nSPS) is 12.2. The summed E-state index contributed by atoms with van der Waals surface area (Å²) in [5.74, 6) is 0.749. The van der Waals surface area contributed by atoms with Crippen molar-refractivity contribution in [2.75, 3.05) is 0 Å². The zero-order valence-electron chi connectivity index (χ0n) is 10.9. The molecular weight excluding hydrogens is 361 g/mol. The molecule has 0 saturated carbocycles. The van der Waals surface area contributed by atoms with Crippen LogP contribution in [0.3, 0.4) is 0 Å². The van der Waals surface area contributed by atoms with Crippen LogP contribution in [0.1, 0.15) is 24.1 Å². The largest absolute Gasteiger partial charge is 0.489 e. The molecule has 0 saturated heterocycles. The molecule has 0 fully saturated rings. The number of halogens is 3. The molecule has 0 heterocycles. The van der Waals surface area contributed by atoms with Gasteiger partial charge in [0.15, 0.2) is 0 Å². The van der Waals surface area contributed by atoms with Gasteiger partial charge in [0, 0.05) is 31.7 Å². The molecule has 2 aromatic rings. The van der Waals surface area contributed by atoms with Crippen molar-refractivity contribution >= 4 is 39.1 Å². The summed E-state index contributed by atoms with van der Waals surface area (Å²) in [5.41, 5.74) is 7.75. The Hall–Kier alpha value is -0.740. The number of nitrogens with two attached hydrogens (primary N) is 1. The van der Waals surface area contributed by atoms with Crippen LogP contribution in [0, 0.1) is 0 Å². The Morgan fingerprint density at radius 1 is 1.20 bits per heavy atom. The first kappa shape index (κ1) is 15.6. The predicted octanol–water partition coefficient (Wildman–Crippen LogP) is 5.35. The molecule has 0 aromatic heterocycles. The van der Waals surface area contributed by atoms with Crippen LogP contribution in [0.2, 0.25) is 10.0 Å². The average molecular weight is 375 g/mol. The first-order chi connectivity index (χ1) is 9.47. The monoisotopic (exact) mass is 373 g/mol. The van der Waals surface area contributed by atoms with E-state index in [-0.39, 0.29) is 6.04 Å². The maximum Gasteiger partial charge on any atom is 0.124 e. The molecule has 2 aromatic carbocycles. The number of hydrogen-bond acceptors (Lipinski definition) is 2. The molecule has 0 bridgehead atoms. The second kappa shape index (κ2) is 6.81. The summed E-state index contributed by atoms with van der Waals surface area (Å²) in [6.07, 6.45) is 0. The molecular formula is C15H14BrCl2NO. The average Bonchev–Trinajstić information content (AvgIpc) is 2.40. The highest BCUT2D eigenvalue weighted by molar-refractivity contribution is 9.10. The van der Waals surface area contributed by atoms with Crippen molar-refractivity contribution in [1.82, 2.24) is 0 Å². The standard InChI is InChI=1S/C15H14BrCl2NO/c1-9(19)13-7-11(16)2-5-15(13)20-8-10-6-12(17)3-4-14(10)18/h2-7,9H,8,19H2,1H3/t9-/m1/s1. The maximum atomic E-state index is 6.12. The van der Waals surface area contributed by atoms with Crippen LogP contribution in [-0.2, 0) is 6.61 Å². The lowest BCUT2D eigenvalue weighted by molar-refractivity contribution is 0.301. The van der Waals surface area contributed by atoms with E-state index in [2.05, 4.69) is 15.9 Å². The van der Waals surface area contributed by atoms with Crippen molar-refractivity contribution in [3.05, 3.63) is 62.0 Å². The van der Waals surface area contributed by atoms with Gasteiger partial charge in [-0.15, -0.1) is 0 Å². The number of rotatable bonds is 4. The van der Waals surface area contributed by atoms with Crippen LogP contribution in [0.15, 0.2) is 40.9 Å². The van der Waals surface area contributed by atoms with E-state index in [9.17, 15) is 0 Å². The summed E-state index contributed by atoms with van der Waals surface area (Å²) in [5, 5.41) is 1.27. The fourth-order valence-corrected chi connectivity index (χ4v) is 2.56. The summed E-state index contributed by atoms with van der Waals surface area (Å²) in [4.78, 5) is 0. The molecule has 0 amide bonds. The lowest BCUT2D eigenvalue weighted by Gasteiger charge is -2.15. The van der Waals surface area contributed by atoms with Crippen molar-refractivity contribution in [2.45, 2.75) is 19.6 Å². The van der Waals surface area contributed by atoms with E-state index >= 15 is 0 Å². The second-order valence-electron chi connectivity index (χ2n) is 4.50. The molecule has 2 rings (SSSR count). The fraction of sp³-hybridized carbons (Fsp3) is 0.200. The molecule has 2 N–H and O–H groups in total. The minimum absolute atomic E-state index is 0.114. The van der Waals surface area contributed by atoms with E-state index in [0.717, 1.165) is 21.3 Å². The third-order valence-electron chi connectivity index (χ3n) is 2.85. The first-order valence-corrected chi connectivity index (χ1v) is 7.64. The van der Waals surface area contributed by atoms with Crippen LogP contribution in [0.25, 0.3) is 0 Å². The smallest absolute Gasteiger partial charge is 0.124 e. The highest BCUT2D eigenvalue weighted by atomic mass is 79.9. The second-order valence-corrected chi connectivity index (χ2v) is 6.25. The van der Waals surface area contributed by atoms with Crippen molar-refractivity contribution in [3.8, 4) is 5.75 Å². The van der Waals surface area contributed by atoms with E-state index in [1.165, 1.54) is 0 Å². The van der Waals surface area contributed by atoms with Gasteiger partial charge in [-0.05, 0) is 43.3 Å². The highest BCUT2D eigenvalue weighted by Gasteiger charge is 2.10. The molecule has 0 radical (unpaired) electrons. The lowest BCUT2D eigenvalue weighted by atomic mass is 10.1. The molecule has 0 spiro atoms. The van der Waals surface area contributed by atoms with E-state index in [1.807, 2.05) is 25.1 Å². The zero-order valence-corrected chi connectivity index (χ0v) is 14.0. The molecule has 2 nitrogen and oxygen atoms in total. The zero-order chi connectivity index (χ0) is 14.7. The summed E-state index contributed by atoms with van der Waals surface area (Å²) < 4.78 is 6.80. The van der Waals surface area contributed by atoms with Gasteiger partial charge in [0.05, 0.1) is 0 Å². The van der Waals surface area contributed by atoms with Gasteiger partial charge in [-0.2, -0.15) is 0 Å². The summed E-state index contributed by atoms with van der Waals surface area (Å²) in [6, 6.07) is 11.0. The minimum atomic E-state index is -0.114. The Bertz CT molecular complexity index is 617. The van der Waals surface area contributed by atoms with Gasteiger partial charge in [0.2, 0.25) is 0 Å². The Balaban J connectivity index is 2.20. The Morgan fingerprint density at radius 2 is 1.95 bits per heavy atom. The van der Waals surface area contributed by atoms with Gasteiger partial charge < -0.3 is 10.5 Å². The van der Waals surface area contributed by atoms with E-state index in [0.29, 0.717) is 16.7 Å². The van der Waals surface area contributed by atoms with Gasteiger partial charge in [0.1, 0.15) is 12.4 Å². The van der Waals surface area contributed by atoms with Crippen LogP contribution in [0.5, 0.6) is 5.75 Å². The van der Waals surface area contributed by atoms with Crippen LogP contribution in [-0.4, -0.2) is 0 Å². The van der Waals surface area contributed by atoms with Gasteiger partial charge in [0.25, 0.3) is 0 Å².